The van der Waals surface area contributed by atoms with Crippen LogP contribution in [0.15, 0.2) is 18.2 Å². The molecule has 1 N–H and O–H groups in total. The van der Waals surface area contributed by atoms with Gasteiger partial charge in [-0.25, -0.2) is 4.39 Å². The SMILES string of the molecule is COc1nc(Cl)nc(Nc2cccc(Cl)c2F)n1. The van der Waals surface area contributed by atoms with Crippen LogP contribution in [0.3, 0.4) is 0 Å². The maximum Gasteiger partial charge on any atom is 0.322 e. The van der Waals surface area contributed by atoms with Crippen LogP contribution in [0.2, 0.25) is 10.3 Å². The van der Waals surface area contributed by atoms with Gasteiger partial charge < -0.3 is 10.1 Å². The first-order valence-electron chi connectivity index (χ1n) is 4.76. The number of rotatable bonds is 3. The van der Waals surface area contributed by atoms with Crippen LogP contribution in [0.1, 0.15) is 0 Å². The van der Waals surface area contributed by atoms with Crippen LogP contribution in [-0.4, -0.2) is 22.1 Å². The number of halogens is 3. The smallest absolute Gasteiger partial charge is 0.322 e. The number of benzene rings is 1. The molecule has 0 aliphatic heterocycles. The highest BCUT2D eigenvalue weighted by Gasteiger charge is 2.10. The molecule has 0 saturated carbocycles. The van der Waals surface area contributed by atoms with E-state index in [0.29, 0.717) is 0 Å². The number of methoxy groups -OCH3 is 1. The zero-order chi connectivity index (χ0) is 13.1. The number of hydrogen-bond acceptors (Lipinski definition) is 5. The fraction of sp³-hybridized carbons (Fsp3) is 0.100. The molecule has 18 heavy (non-hydrogen) atoms. The summed E-state index contributed by atoms with van der Waals surface area (Å²) in [7, 11) is 1.38. The van der Waals surface area contributed by atoms with Crippen molar-refractivity contribution in [2.24, 2.45) is 0 Å². The summed E-state index contributed by atoms with van der Waals surface area (Å²) in [6.07, 6.45) is 0. The standard InChI is InChI=1S/C10H7Cl2FN4O/c1-18-10-16-8(12)15-9(17-10)14-6-4-2-3-5(11)7(6)13/h2-4H,1H3,(H,14,15,16,17). The van der Waals surface area contributed by atoms with E-state index in [-0.39, 0.29) is 28.0 Å². The van der Waals surface area contributed by atoms with E-state index in [1.807, 2.05) is 0 Å². The molecule has 5 nitrogen and oxygen atoms in total. The molecular weight excluding hydrogens is 282 g/mol. The Morgan fingerprint density at radius 1 is 1.22 bits per heavy atom. The van der Waals surface area contributed by atoms with Crippen molar-refractivity contribution in [3.05, 3.63) is 34.3 Å². The number of nitrogens with one attached hydrogen (secondary N) is 1. The molecular formula is C10H7Cl2FN4O. The Labute approximate surface area is 112 Å². The van der Waals surface area contributed by atoms with E-state index in [0.717, 1.165) is 0 Å². The fourth-order valence-corrected chi connectivity index (χ4v) is 1.53. The van der Waals surface area contributed by atoms with Gasteiger partial charge in [-0.15, -0.1) is 0 Å². The molecule has 2 aromatic rings. The van der Waals surface area contributed by atoms with Crippen LogP contribution in [0.4, 0.5) is 16.0 Å². The zero-order valence-electron chi connectivity index (χ0n) is 9.12. The van der Waals surface area contributed by atoms with Crippen LogP contribution in [0.25, 0.3) is 0 Å². The van der Waals surface area contributed by atoms with Gasteiger partial charge in [0.25, 0.3) is 0 Å². The predicted molar refractivity (Wildman–Crippen MR) is 66.1 cm³/mol. The second-order valence-corrected chi connectivity index (χ2v) is 3.89. The molecule has 0 saturated heterocycles. The summed E-state index contributed by atoms with van der Waals surface area (Å²) >= 11 is 11.3. The molecule has 2 rings (SSSR count). The van der Waals surface area contributed by atoms with Crippen molar-refractivity contribution in [1.29, 1.82) is 0 Å². The Morgan fingerprint density at radius 3 is 2.72 bits per heavy atom. The molecule has 0 aliphatic carbocycles. The van der Waals surface area contributed by atoms with Crippen molar-refractivity contribution in [1.82, 2.24) is 15.0 Å². The molecule has 8 heteroatoms. The van der Waals surface area contributed by atoms with Gasteiger partial charge in [0.15, 0.2) is 5.82 Å². The Balaban J connectivity index is 2.34. The first kappa shape index (κ1) is 12.8. The molecule has 1 aromatic heterocycles. The van der Waals surface area contributed by atoms with Gasteiger partial charge in [0.2, 0.25) is 11.2 Å². The quantitative estimate of drug-likeness (QED) is 0.941. The minimum Gasteiger partial charge on any atom is -0.467 e. The molecule has 0 atom stereocenters. The Hall–Kier alpha value is -1.66. The number of nitrogens with zero attached hydrogens (tertiary/aromatic N) is 3. The monoisotopic (exact) mass is 288 g/mol. The van der Waals surface area contributed by atoms with E-state index in [4.69, 9.17) is 27.9 Å². The van der Waals surface area contributed by atoms with Gasteiger partial charge in [-0.05, 0) is 23.7 Å². The lowest BCUT2D eigenvalue weighted by Crippen LogP contribution is -2.03. The van der Waals surface area contributed by atoms with E-state index in [9.17, 15) is 4.39 Å². The van der Waals surface area contributed by atoms with Crippen molar-refractivity contribution in [3.8, 4) is 6.01 Å². The molecule has 0 amide bonds. The zero-order valence-corrected chi connectivity index (χ0v) is 10.6. The lowest BCUT2D eigenvalue weighted by Gasteiger charge is -2.07. The molecule has 0 bridgehead atoms. The molecule has 94 valence electrons. The van der Waals surface area contributed by atoms with Crippen molar-refractivity contribution in [2.75, 3.05) is 12.4 Å². The average molecular weight is 289 g/mol. The average Bonchev–Trinajstić information content (AvgIpc) is 2.34. The van der Waals surface area contributed by atoms with Crippen molar-refractivity contribution in [3.63, 3.8) is 0 Å². The minimum absolute atomic E-state index is 0.00730. The Kier molecular flexibility index (Phi) is 3.78. The molecule has 1 heterocycles. The summed E-state index contributed by atoms with van der Waals surface area (Å²) < 4.78 is 18.5. The van der Waals surface area contributed by atoms with Gasteiger partial charge in [0, 0.05) is 0 Å². The maximum absolute atomic E-state index is 13.6. The molecule has 0 fully saturated rings. The van der Waals surface area contributed by atoms with Crippen LogP contribution in [-0.2, 0) is 0 Å². The molecule has 0 radical (unpaired) electrons. The predicted octanol–water partition coefficient (Wildman–Crippen LogP) is 3.07. The summed E-state index contributed by atoms with van der Waals surface area (Å²) in [6, 6.07) is 4.54. The molecule has 0 aliphatic rings. The molecule has 0 spiro atoms. The minimum atomic E-state index is -0.602. The highest BCUT2D eigenvalue weighted by molar-refractivity contribution is 6.31. The van der Waals surface area contributed by atoms with Gasteiger partial charge in [-0.3, -0.25) is 0 Å². The van der Waals surface area contributed by atoms with Crippen LogP contribution < -0.4 is 10.1 Å². The van der Waals surface area contributed by atoms with E-state index in [2.05, 4.69) is 20.3 Å². The summed E-state index contributed by atoms with van der Waals surface area (Å²) in [5.74, 6) is -0.539. The fourth-order valence-electron chi connectivity index (χ4n) is 1.20. The van der Waals surface area contributed by atoms with Gasteiger partial charge in [-0.1, -0.05) is 17.7 Å². The second-order valence-electron chi connectivity index (χ2n) is 3.14. The van der Waals surface area contributed by atoms with Gasteiger partial charge in [0.1, 0.15) is 0 Å². The number of aromatic nitrogens is 3. The topological polar surface area (TPSA) is 59.9 Å². The first-order chi connectivity index (χ1) is 8.60. The molecule has 0 unspecified atom stereocenters. The maximum atomic E-state index is 13.6. The lowest BCUT2D eigenvalue weighted by molar-refractivity contribution is 0.379. The van der Waals surface area contributed by atoms with Gasteiger partial charge in [0.05, 0.1) is 17.8 Å². The van der Waals surface area contributed by atoms with Gasteiger partial charge in [-0.2, -0.15) is 15.0 Å². The Bertz CT molecular complexity index is 582. The number of hydrogen-bond donors (Lipinski definition) is 1. The largest absolute Gasteiger partial charge is 0.467 e. The third kappa shape index (κ3) is 2.77. The lowest BCUT2D eigenvalue weighted by atomic mass is 10.3. The normalized spacial score (nSPS) is 10.2. The number of anilines is 2. The van der Waals surface area contributed by atoms with Crippen molar-refractivity contribution in [2.45, 2.75) is 0 Å². The van der Waals surface area contributed by atoms with E-state index >= 15 is 0 Å². The summed E-state index contributed by atoms with van der Waals surface area (Å²) in [4.78, 5) is 11.4. The molecule has 1 aromatic carbocycles. The van der Waals surface area contributed by atoms with E-state index in [1.54, 1.807) is 6.07 Å². The van der Waals surface area contributed by atoms with Gasteiger partial charge >= 0.3 is 6.01 Å². The highest BCUT2D eigenvalue weighted by atomic mass is 35.5. The van der Waals surface area contributed by atoms with Crippen LogP contribution in [0, 0.1) is 5.82 Å². The van der Waals surface area contributed by atoms with E-state index in [1.165, 1.54) is 19.2 Å². The first-order valence-corrected chi connectivity index (χ1v) is 5.52. The van der Waals surface area contributed by atoms with Crippen molar-refractivity contribution >= 4 is 34.8 Å². The Morgan fingerprint density at radius 2 is 2.00 bits per heavy atom. The second kappa shape index (κ2) is 5.32. The summed E-state index contributed by atoms with van der Waals surface area (Å²) in [5, 5.41) is 2.57. The van der Waals surface area contributed by atoms with Crippen LogP contribution in [0.5, 0.6) is 6.01 Å². The number of ether oxygens (including phenoxy) is 1. The van der Waals surface area contributed by atoms with Crippen molar-refractivity contribution < 1.29 is 9.13 Å². The summed E-state index contributed by atoms with van der Waals surface area (Å²) in [6.45, 7) is 0. The highest BCUT2D eigenvalue weighted by Crippen LogP contribution is 2.24. The summed E-state index contributed by atoms with van der Waals surface area (Å²) in [5.41, 5.74) is 0.131. The van der Waals surface area contributed by atoms with E-state index < -0.39 is 5.82 Å². The van der Waals surface area contributed by atoms with Crippen LogP contribution >= 0.6 is 23.2 Å². The third-order valence-corrected chi connectivity index (χ3v) is 2.43. The third-order valence-electron chi connectivity index (χ3n) is 1.97.